The number of nitrogens with one attached hydrogen (secondary N) is 1. The first-order chi connectivity index (χ1) is 16.5. The summed E-state index contributed by atoms with van der Waals surface area (Å²) in [6.45, 7) is 6.80. The topological polar surface area (TPSA) is 81.9 Å². The SMILES string of the molecule is CCC(C)NC(=O)c1cc(-c2csc(-c3cnccn3)n2)n(CCc2ccc(OC)cc2)c1C. The minimum Gasteiger partial charge on any atom is -0.497 e. The van der Waals surface area contributed by atoms with Crippen molar-refractivity contribution in [3.8, 4) is 27.8 Å². The van der Waals surface area contributed by atoms with Crippen molar-refractivity contribution in [2.45, 2.75) is 46.2 Å². The summed E-state index contributed by atoms with van der Waals surface area (Å²) >= 11 is 1.52. The third-order valence-corrected chi connectivity index (χ3v) is 6.80. The van der Waals surface area contributed by atoms with Gasteiger partial charge in [-0.05, 0) is 50.5 Å². The summed E-state index contributed by atoms with van der Waals surface area (Å²) in [5, 5.41) is 5.91. The Kier molecular flexibility index (Phi) is 7.37. The van der Waals surface area contributed by atoms with Crippen LogP contribution in [0.5, 0.6) is 5.75 Å². The highest BCUT2D eigenvalue weighted by atomic mass is 32.1. The van der Waals surface area contributed by atoms with Gasteiger partial charge in [-0.1, -0.05) is 19.1 Å². The van der Waals surface area contributed by atoms with Crippen LogP contribution in [-0.4, -0.2) is 38.6 Å². The van der Waals surface area contributed by atoms with Gasteiger partial charge in [0.1, 0.15) is 16.5 Å². The summed E-state index contributed by atoms with van der Waals surface area (Å²) < 4.78 is 7.46. The van der Waals surface area contributed by atoms with Crippen LogP contribution in [-0.2, 0) is 13.0 Å². The maximum absolute atomic E-state index is 13.0. The number of aryl methyl sites for hydroxylation is 1. The summed E-state index contributed by atoms with van der Waals surface area (Å²) in [6, 6.07) is 10.2. The first-order valence-corrected chi connectivity index (χ1v) is 12.2. The van der Waals surface area contributed by atoms with Crippen LogP contribution in [0.3, 0.4) is 0 Å². The summed E-state index contributed by atoms with van der Waals surface area (Å²) in [4.78, 5) is 26.4. The fourth-order valence-corrected chi connectivity index (χ4v) is 4.50. The molecule has 8 heteroatoms. The molecule has 1 unspecified atom stereocenters. The second kappa shape index (κ2) is 10.6. The lowest BCUT2D eigenvalue weighted by atomic mass is 10.1. The quantitative estimate of drug-likeness (QED) is 0.362. The van der Waals surface area contributed by atoms with Gasteiger partial charge < -0.3 is 14.6 Å². The predicted molar refractivity (Wildman–Crippen MR) is 135 cm³/mol. The molecule has 1 N–H and O–H groups in total. The van der Waals surface area contributed by atoms with Crippen LogP contribution >= 0.6 is 11.3 Å². The molecule has 0 aliphatic carbocycles. The third-order valence-electron chi connectivity index (χ3n) is 5.93. The summed E-state index contributed by atoms with van der Waals surface area (Å²) in [7, 11) is 1.67. The molecular weight excluding hydrogens is 446 g/mol. The van der Waals surface area contributed by atoms with E-state index < -0.39 is 0 Å². The lowest BCUT2D eigenvalue weighted by Crippen LogP contribution is -2.32. The Labute approximate surface area is 203 Å². The zero-order valence-corrected chi connectivity index (χ0v) is 20.7. The van der Waals surface area contributed by atoms with Gasteiger partial charge in [-0.3, -0.25) is 14.8 Å². The smallest absolute Gasteiger partial charge is 0.253 e. The van der Waals surface area contributed by atoms with Crippen molar-refractivity contribution >= 4 is 17.2 Å². The Balaban J connectivity index is 1.68. The molecule has 34 heavy (non-hydrogen) atoms. The number of benzene rings is 1. The molecule has 4 rings (SSSR count). The second-order valence-electron chi connectivity index (χ2n) is 8.19. The molecule has 4 aromatic rings. The largest absolute Gasteiger partial charge is 0.497 e. The minimum atomic E-state index is -0.0549. The molecule has 1 amide bonds. The standard InChI is InChI=1S/C26H29N5O2S/c1-5-17(2)29-25(32)21-14-24(23-16-34-26(30-23)22-15-27-11-12-28-22)31(18(21)3)13-10-19-6-8-20(33-4)9-7-19/h6-9,11-12,14-17H,5,10,13H2,1-4H3,(H,29,32). The second-order valence-corrected chi connectivity index (χ2v) is 9.05. The summed E-state index contributed by atoms with van der Waals surface area (Å²) in [6.07, 6.45) is 6.72. The molecule has 0 spiro atoms. The average molecular weight is 476 g/mol. The van der Waals surface area contributed by atoms with Gasteiger partial charge in [0, 0.05) is 36.1 Å². The molecule has 0 fully saturated rings. The highest BCUT2D eigenvalue weighted by molar-refractivity contribution is 7.13. The number of hydrogen-bond acceptors (Lipinski definition) is 6. The number of thiazole rings is 1. The number of ether oxygens (including phenoxy) is 1. The first kappa shape index (κ1) is 23.6. The van der Waals surface area contributed by atoms with E-state index in [4.69, 9.17) is 9.72 Å². The molecule has 0 aliphatic heterocycles. The van der Waals surface area contributed by atoms with E-state index in [0.717, 1.165) is 52.9 Å². The van der Waals surface area contributed by atoms with Crippen molar-refractivity contribution in [3.05, 3.63) is 71.1 Å². The molecular formula is C26H29N5O2S. The predicted octanol–water partition coefficient (Wildman–Crippen LogP) is 5.16. The van der Waals surface area contributed by atoms with E-state index in [1.54, 1.807) is 25.7 Å². The van der Waals surface area contributed by atoms with E-state index >= 15 is 0 Å². The van der Waals surface area contributed by atoms with E-state index in [9.17, 15) is 4.79 Å². The van der Waals surface area contributed by atoms with Crippen LogP contribution in [0.15, 0.2) is 54.3 Å². The molecule has 176 valence electrons. The molecule has 0 saturated heterocycles. The lowest BCUT2D eigenvalue weighted by Gasteiger charge is -2.13. The average Bonchev–Trinajstić information content (AvgIpc) is 3.48. The van der Waals surface area contributed by atoms with Crippen molar-refractivity contribution in [1.29, 1.82) is 0 Å². The number of carbonyl (C=O) groups is 1. The molecule has 0 radical (unpaired) electrons. The number of carbonyl (C=O) groups excluding carboxylic acids is 1. The maximum Gasteiger partial charge on any atom is 0.253 e. The Morgan fingerprint density at radius 1 is 1.21 bits per heavy atom. The minimum absolute atomic E-state index is 0.0549. The van der Waals surface area contributed by atoms with Gasteiger partial charge in [0.25, 0.3) is 5.91 Å². The van der Waals surface area contributed by atoms with Crippen LogP contribution in [0.4, 0.5) is 0 Å². The number of aromatic nitrogens is 4. The number of nitrogens with zero attached hydrogens (tertiary/aromatic N) is 4. The lowest BCUT2D eigenvalue weighted by molar-refractivity contribution is 0.0938. The van der Waals surface area contributed by atoms with E-state index in [1.807, 2.05) is 37.4 Å². The van der Waals surface area contributed by atoms with Gasteiger partial charge in [0.2, 0.25) is 0 Å². The molecule has 7 nitrogen and oxygen atoms in total. The van der Waals surface area contributed by atoms with Crippen molar-refractivity contribution in [1.82, 2.24) is 24.8 Å². The molecule has 1 aromatic carbocycles. The molecule has 0 aliphatic rings. The normalized spacial score (nSPS) is 11.9. The van der Waals surface area contributed by atoms with Gasteiger partial charge in [-0.2, -0.15) is 0 Å². The van der Waals surface area contributed by atoms with E-state index in [1.165, 1.54) is 16.9 Å². The van der Waals surface area contributed by atoms with Gasteiger partial charge in [0.15, 0.2) is 0 Å². The third kappa shape index (κ3) is 5.17. The van der Waals surface area contributed by atoms with Crippen molar-refractivity contribution in [3.63, 3.8) is 0 Å². The van der Waals surface area contributed by atoms with E-state index in [-0.39, 0.29) is 11.9 Å². The van der Waals surface area contributed by atoms with E-state index in [2.05, 4.69) is 38.9 Å². The zero-order valence-electron chi connectivity index (χ0n) is 19.9. The van der Waals surface area contributed by atoms with Gasteiger partial charge in [0.05, 0.1) is 30.3 Å². The van der Waals surface area contributed by atoms with Crippen molar-refractivity contribution < 1.29 is 9.53 Å². The molecule has 1 atom stereocenters. The number of methoxy groups -OCH3 is 1. The maximum atomic E-state index is 13.0. The van der Waals surface area contributed by atoms with Crippen LogP contribution in [0.25, 0.3) is 22.1 Å². The molecule has 0 saturated carbocycles. The van der Waals surface area contributed by atoms with Gasteiger partial charge >= 0.3 is 0 Å². The zero-order chi connectivity index (χ0) is 24.1. The van der Waals surface area contributed by atoms with Crippen LogP contribution in [0, 0.1) is 6.92 Å². The number of amides is 1. The fraction of sp³-hybridized carbons (Fsp3) is 0.308. The van der Waals surface area contributed by atoms with Gasteiger partial charge in [-0.25, -0.2) is 4.98 Å². The molecule has 3 heterocycles. The fourth-order valence-electron chi connectivity index (χ4n) is 3.73. The van der Waals surface area contributed by atoms with Crippen molar-refractivity contribution in [2.75, 3.05) is 7.11 Å². The highest BCUT2D eigenvalue weighted by Crippen LogP contribution is 2.31. The Hall–Kier alpha value is -3.52. The van der Waals surface area contributed by atoms with Crippen molar-refractivity contribution in [2.24, 2.45) is 0 Å². The van der Waals surface area contributed by atoms with Crippen LogP contribution in [0.1, 0.15) is 41.9 Å². The van der Waals surface area contributed by atoms with Gasteiger partial charge in [-0.15, -0.1) is 11.3 Å². The summed E-state index contributed by atoms with van der Waals surface area (Å²) in [5.74, 6) is 0.783. The molecule has 0 bridgehead atoms. The number of hydrogen-bond donors (Lipinski definition) is 1. The monoisotopic (exact) mass is 475 g/mol. The van der Waals surface area contributed by atoms with Crippen LogP contribution in [0.2, 0.25) is 0 Å². The first-order valence-electron chi connectivity index (χ1n) is 11.4. The number of rotatable bonds is 9. The molecule has 3 aromatic heterocycles. The Bertz CT molecular complexity index is 1250. The Morgan fingerprint density at radius 3 is 2.68 bits per heavy atom. The highest BCUT2D eigenvalue weighted by Gasteiger charge is 2.21. The summed E-state index contributed by atoms with van der Waals surface area (Å²) in [5.41, 5.74) is 5.29. The van der Waals surface area contributed by atoms with E-state index in [0.29, 0.717) is 5.56 Å². The Morgan fingerprint density at radius 2 is 2.00 bits per heavy atom. The van der Waals surface area contributed by atoms with Crippen LogP contribution < -0.4 is 10.1 Å².